The second-order valence-electron chi connectivity index (χ2n) is 7.24. The summed E-state index contributed by atoms with van der Waals surface area (Å²) in [6.45, 7) is 5.45. The molecule has 0 amide bonds. The average molecular weight is 433 g/mol. The fraction of sp³-hybridized carbons (Fsp3) is 0.409. The molecule has 0 aliphatic carbocycles. The van der Waals surface area contributed by atoms with Crippen LogP contribution in [-0.2, 0) is 16.6 Å². The van der Waals surface area contributed by atoms with E-state index in [1.54, 1.807) is 26.2 Å². The molecule has 0 spiro atoms. The Morgan fingerprint density at radius 2 is 1.70 bits per heavy atom. The highest BCUT2D eigenvalue weighted by Gasteiger charge is 2.22. The molecule has 0 heterocycles. The van der Waals surface area contributed by atoms with Gasteiger partial charge in [-0.15, -0.1) is 0 Å². The molecule has 0 aliphatic heterocycles. The molecule has 0 saturated carbocycles. The molecule has 0 aromatic heterocycles. The smallest absolute Gasteiger partial charge is 0.243 e. The Labute approximate surface area is 180 Å². The zero-order valence-corrected chi connectivity index (χ0v) is 19.2. The summed E-state index contributed by atoms with van der Waals surface area (Å²) >= 11 is 0. The number of hydrogen-bond acceptors (Lipinski definition) is 4. The maximum atomic E-state index is 12.6. The fourth-order valence-electron chi connectivity index (χ4n) is 2.71. The first-order valence-corrected chi connectivity index (χ1v) is 11.4. The maximum absolute atomic E-state index is 12.6. The zero-order chi connectivity index (χ0) is 22.1. The summed E-state index contributed by atoms with van der Waals surface area (Å²) in [7, 11) is 1.80. The van der Waals surface area contributed by atoms with Crippen molar-refractivity contribution in [3.63, 3.8) is 0 Å². The van der Waals surface area contributed by atoms with Gasteiger partial charge in [0.25, 0.3) is 0 Å². The van der Waals surface area contributed by atoms with Gasteiger partial charge in [0.2, 0.25) is 10.0 Å². The van der Waals surface area contributed by atoms with Gasteiger partial charge in [0.05, 0.1) is 11.4 Å². The van der Waals surface area contributed by atoms with Gasteiger partial charge in [0, 0.05) is 33.7 Å². The molecule has 0 radical (unpaired) electrons. The average Bonchev–Trinajstić information content (AvgIpc) is 2.74. The third-order valence-electron chi connectivity index (χ3n) is 4.79. The number of hydrogen-bond donors (Lipinski definition) is 1. The minimum atomic E-state index is -3.47. The summed E-state index contributed by atoms with van der Waals surface area (Å²) in [5.74, 6) is 1.58. The molecular weight excluding hydrogens is 400 g/mol. The summed E-state index contributed by atoms with van der Waals surface area (Å²) in [4.78, 5) is 6.58. The molecule has 30 heavy (non-hydrogen) atoms. The van der Waals surface area contributed by atoms with Crippen molar-refractivity contribution in [3.05, 3.63) is 60.2 Å². The van der Waals surface area contributed by atoms with Gasteiger partial charge < -0.3 is 15.0 Å². The minimum absolute atomic E-state index is 0.0962. The fourth-order valence-corrected chi connectivity index (χ4v) is 4.08. The number of para-hydroxylation sites is 1. The molecule has 2 rings (SSSR count). The van der Waals surface area contributed by atoms with Gasteiger partial charge in [-0.2, -0.15) is 4.31 Å². The van der Waals surface area contributed by atoms with Gasteiger partial charge in [-0.1, -0.05) is 30.3 Å². The van der Waals surface area contributed by atoms with Crippen molar-refractivity contribution in [1.82, 2.24) is 14.5 Å². The Morgan fingerprint density at radius 3 is 2.27 bits per heavy atom. The lowest BCUT2D eigenvalue weighted by Gasteiger charge is -2.22. The molecule has 0 fully saturated rings. The van der Waals surface area contributed by atoms with E-state index in [1.807, 2.05) is 68.3 Å². The van der Waals surface area contributed by atoms with Crippen molar-refractivity contribution in [3.8, 4) is 5.75 Å². The molecule has 0 atom stereocenters. The number of nitrogens with one attached hydrogen (secondary N) is 1. The number of likely N-dealkylation sites (N-methyl/N-ethyl adjacent to an activating group) is 1. The van der Waals surface area contributed by atoms with Crippen LogP contribution in [-0.4, -0.2) is 63.9 Å². The van der Waals surface area contributed by atoms with Crippen LogP contribution in [0.4, 0.5) is 0 Å². The van der Waals surface area contributed by atoms with E-state index in [4.69, 9.17) is 4.74 Å². The van der Waals surface area contributed by atoms with Crippen molar-refractivity contribution in [2.75, 3.05) is 34.3 Å². The van der Waals surface area contributed by atoms with Crippen molar-refractivity contribution in [2.45, 2.75) is 31.3 Å². The van der Waals surface area contributed by atoms with Gasteiger partial charge >= 0.3 is 0 Å². The van der Waals surface area contributed by atoms with E-state index >= 15 is 0 Å². The second-order valence-corrected chi connectivity index (χ2v) is 9.24. The highest BCUT2D eigenvalue weighted by molar-refractivity contribution is 7.89. The van der Waals surface area contributed by atoms with Crippen LogP contribution in [0.25, 0.3) is 0 Å². The summed E-state index contributed by atoms with van der Waals surface area (Å²) in [5.41, 5.74) is 0.969. The highest BCUT2D eigenvalue weighted by atomic mass is 32.2. The molecule has 1 N–H and O–H groups in total. The van der Waals surface area contributed by atoms with E-state index < -0.39 is 10.0 Å². The number of rotatable bonds is 9. The Bertz CT molecular complexity index is 913. The lowest BCUT2D eigenvalue weighted by atomic mass is 10.2. The van der Waals surface area contributed by atoms with Crippen LogP contribution in [0, 0.1) is 0 Å². The summed E-state index contributed by atoms with van der Waals surface area (Å²) in [5, 5.41) is 3.29. The van der Waals surface area contributed by atoms with Crippen LogP contribution in [0.2, 0.25) is 0 Å². The Balaban J connectivity index is 1.88. The Hall–Kier alpha value is -2.58. The molecule has 2 aromatic carbocycles. The van der Waals surface area contributed by atoms with Crippen molar-refractivity contribution < 1.29 is 13.2 Å². The van der Waals surface area contributed by atoms with Gasteiger partial charge in [-0.3, -0.25) is 4.99 Å². The normalized spacial score (nSPS) is 12.3. The van der Waals surface area contributed by atoms with E-state index in [0.717, 1.165) is 17.3 Å². The van der Waals surface area contributed by atoms with Gasteiger partial charge in [-0.25, -0.2) is 8.42 Å². The number of benzene rings is 2. The van der Waals surface area contributed by atoms with Crippen LogP contribution in [0.1, 0.15) is 19.4 Å². The summed E-state index contributed by atoms with van der Waals surface area (Å²) in [6, 6.07) is 16.5. The Morgan fingerprint density at radius 1 is 1.07 bits per heavy atom. The van der Waals surface area contributed by atoms with E-state index in [-0.39, 0.29) is 6.04 Å². The SMILES string of the molecule is CN=C(NCc1ccc(S(=O)(=O)N(C)C(C)C)cc1)N(C)CCOc1ccccc1. The van der Waals surface area contributed by atoms with Gasteiger partial charge in [0.15, 0.2) is 5.96 Å². The monoisotopic (exact) mass is 432 g/mol. The molecule has 0 unspecified atom stereocenters. The van der Waals surface area contributed by atoms with Crippen LogP contribution in [0.5, 0.6) is 5.75 Å². The van der Waals surface area contributed by atoms with Crippen LogP contribution >= 0.6 is 0 Å². The van der Waals surface area contributed by atoms with E-state index in [1.165, 1.54) is 4.31 Å². The Kier molecular flexibility index (Phi) is 8.68. The maximum Gasteiger partial charge on any atom is 0.243 e. The summed E-state index contributed by atoms with van der Waals surface area (Å²) in [6.07, 6.45) is 0. The van der Waals surface area contributed by atoms with Crippen molar-refractivity contribution >= 4 is 16.0 Å². The lowest BCUT2D eigenvalue weighted by molar-refractivity contribution is 0.281. The quantitative estimate of drug-likeness (QED) is 0.487. The van der Waals surface area contributed by atoms with Crippen LogP contribution < -0.4 is 10.1 Å². The van der Waals surface area contributed by atoms with Gasteiger partial charge in [0.1, 0.15) is 12.4 Å². The molecular formula is C22H32N4O3S. The predicted molar refractivity (Wildman–Crippen MR) is 121 cm³/mol. The first kappa shape index (κ1) is 23.7. The number of ether oxygens (including phenoxy) is 1. The molecule has 2 aromatic rings. The standard InChI is InChI=1S/C22H32N4O3S/c1-18(2)26(5)30(27,28)21-13-11-19(12-14-21)17-24-22(23-3)25(4)15-16-29-20-9-7-6-8-10-20/h6-14,18H,15-17H2,1-5H3,(H,23,24). The number of sulfonamides is 1. The first-order chi connectivity index (χ1) is 14.3. The predicted octanol–water partition coefficient (Wildman–Crippen LogP) is 2.80. The third kappa shape index (κ3) is 6.47. The summed E-state index contributed by atoms with van der Waals surface area (Å²) < 4.78 is 32.2. The van der Waals surface area contributed by atoms with E-state index in [9.17, 15) is 8.42 Å². The van der Waals surface area contributed by atoms with E-state index in [0.29, 0.717) is 24.6 Å². The number of aliphatic imine (C=N–C) groups is 1. The lowest BCUT2D eigenvalue weighted by Crippen LogP contribution is -2.40. The molecule has 164 valence electrons. The number of nitrogens with zero attached hydrogens (tertiary/aromatic N) is 3. The first-order valence-electron chi connectivity index (χ1n) is 9.92. The zero-order valence-electron chi connectivity index (χ0n) is 18.4. The molecule has 7 nitrogen and oxygen atoms in total. The highest BCUT2D eigenvalue weighted by Crippen LogP contribution is 2.17. The molecule has 0 saturated heterocycles. The largest absolute Gasteiger partial charge is 0.492 e. The van der Waals surface area contributed by atoms with Crippen LogP contribution in [0.15, 0.2) is 64.5 Å². The topological polar surface area (TPSA) is 74.2 Å². The second kappa shape index (κ2) is 11.0. The molecule has 0 bridgehead atoms. The number of guanidine groups is 1. The van der Waals surface area contributed by atoms with E-state index in [2.05, 4.69) is 10.3 Å². The minimum Gasteiger partial charge on any atom is -0.492 e. The van der Waals surface area contributed by atoms with Crippen molar-refractivity contribution in [1.29, 1.82) is 0 Å². The molecule has 0 aliphatic rings. The third-order valence-corrected chi connectivity index (χ3v) is 6.84. The van der Waals surface area contributed by atoms with Gasteiger partial charge in [-0.05, 0) is 43.7 Å². The molecule has 8 heteroatoms. The van der Waals surface area contributed by atoms with Crippen LogP contribution in [0.3, 0.4) is 0 Å². The van der Waals surface area contributed by atoms with Crippen molar-refractivity contribution in [2.24, 2.45) is 4.99 Å².